The highest BCUT2D eigenvalue weighted by Crippen LogP contribution is 2.45. The average molecular weight is 475 g/mol. The van der Waals surface area contributed by atoms with Gasteiger partial charge in [0.05, 0.1) is 6.10 Å². The molecule has 2 fully saturated rings. The lowest BCUT2D eigenvalue weighted by Gasteiger charge is -2.29. The Hall–Kier alpha value is -3.21. The van der Waals surface area contributed by atoms with Gasteiger partial charge in [0.2, 0.25) is 11.8 Å². The molecule has 34 heavy (non-hydrogen) atoms. The normalized spacial score (nSPS) is 32.1. The van der Waals surface area contributed by atoms with Crippen molar-refractivity contribution in [3.05, 3.63) is 29.7 Å². The zero-order valence-corrected chi connectivity index (χ0v) is 19.0. The van der Waals surface area contributed by atoms with Crippen LogP contribution in [0.4, 0.5) is 0 Å². The summed E-state index contributed by atoms with van der Waals surface area (Å²) in [4.78, 5) is 52.5. The Morgan fingerprint density at radius 1 is 1.29 bits per heavy atom. The molecule has 11 nitrogen and oxygen atoms in total. The van der Waals surface area contributed by atoms with Crippen LogP contribution in [0.15, 0.2) is 22.7 Å². The molecule has 1 saturated heterocycles. The van der Waals surface area contributed by atoms with E-state index >= 15 is 0 Å². The minimum absolute atomic E-state index is 0.00305. The van der Waals surface area contributed by atoms with Crippen molar-refractivity contribution in [3.8, 4) is 0 Å². The molecule has 5 atom stereocenters. The Bertz CT molecular complexity index is 1010. The van der Waals surface area contributed by atoms with Gasteiger partial charge in [0.15, 0.2) is 5.69 Å². The Kier molecular flexibility index (Phi) is 6.74. The van der Waals surface area contributed by atoms with E-state index in [0.29, 0.717) is 18.6 Å². The summed E-state index contributed by atoms with van der Waals surface area (Å²) < 4.78 is 4.94. The number of aryl methyl sites for hydroxylation is 1. The molecule has 1 saturated carbocycles. The minimum Gasteiger partial charge on any atom is -0.479 e. The Morgan fingerprint density at radius 2 is 2.09 bits per heavy atom. The summed E-state index contributed by atoms with van der Waals surface area (Å²) in [7, 11) is 0. The average Bonchev–Trinajstić information content (AvgIpc) is 3.09. The van der Waals surface area contributed by atoms with E-state index in [4.69, 9.17) is 4.52 Å². The number of aromatic nitrogens is 1. The third-order valence-corrected chi connectivity index (χ3v) is 6.80. The van der Waals surface area contributed by atoms with Crippen LogP contribution in [0.2, 0.25) is 0 Å². The number of carbonyl (C=O) groups excluding carboxylic acids is 3. The molecule has 3 aliphatic rings. The van der Waals surface area contributed by atoms with E-state index in [0.717, 1.165) is 19.3 Å². The molecular weight excluding hydrogens is 444 g/mol. The molecule has 0 spiro atoms. The molecule has 1 aromatic heterocycles. The maximum atomic E-state index is 13.5. The van der Waals surface area contributed by atoms with E-state index < -0.39 is 47.4 Å². The number of nitrogens with one attached hydrogen (secondary N) is 2. The summed E-state index contributed by atoms with van der Waals surface area (Å²) >= 11 is 0. The van der Waals surface area contributed by atoms with Crippen molar-refractivity contribution >= 4 is 23.7 Å². The molecule has 0 unspecified atom stereocenters. The lowest BCUT2D eigenvalue weighted by Crippen LogP contribution is -2.56. The number of hydrogen-bond donors (Lipinski definition) is 4. The number of aliphatic hydroxyl groups excluding tert-OH is 1. The third kappa shape index (κ3) is 4.84. The van der Waals surface area contributed by atoms with Crippen LogP contribution in [0.25, 0.3) is 0 Å². The predicted octanol–water partition coefficient (Wildman–Crippen LogP) is 0.523. The van der Waals surface area contributed by atoms with Crippen molar-refractivity contribution in [2.45, 2.75) is 75.6 Å². The SMILES string of the molecule is Cc1cc(C(=O)N[C@H]2CCCCCC=C[C@@H]3C[C@@]3(C(=O)O)NC(=O)[C@@H]3C[C@@H](O)CN3C2=O)no1. The summed E-state index contributed by atoms with van der Waals surface area (Å²) in [6.45, 7) is 1.58. The second-order valence-electron chi connectivity index (χ2n) is 9.39. The molecule has 1 aliphatic carbocycles. The summed E-state index contributed by atoms with van der Waals surface area (Å²) in [6, 6.07) is -0.484. The van der Waals surface area contributed by atoms with Crippen LogP contribution >= 0.6 is 0 Å². The van der Waals surface area contributed by atoms with Crippen LogP contribution in [-0.4, -0.2) is 74.2 Å². The van der Waals surface area contributed by atoms with Gasteiger partial charge >= 0.3 is 5.97 Å². The van der Waals surface area contributed by atoms with E-state index in [1.165, 1.54) is 11.0 Å². The number of carboxylic acids is 1. The number of rotatable bonds is 3. The number of aliphatic hydroxyl groups is 1. The topological polar surface area (TPSA) is 162 Å². The number of amides is 3. The van der Waals surface area contributed by atoms with Gasteiger partial charge in [0.1, 0.15) is 23.4 Å². The summed E-state index contributed by atoms with van der Waals surface area (Å²) in [5.41, 5.74) is -1.35. The number of carboxylic acid groups (broad SMARTS) is 1. The molecule has 3 heterocycles. The van der Waals surface area contributed by atoms with Gasteiger partial charge in [-0.25, -0.2) is 4.79 Å². The predicted molar refractivity (Wildman–Crippen MR) is 117 cm³/mol. The first kappa shape index (κ1) is 23.9. The van der Waals surface area contributed by atoms with Gasteiger partial charge in [-0.1, -0.05) is 30.2 Å². The number of allylic oxidation sites excluding steroid dienone is 1. The van der Waals surface area contributed by atoms with E-state index in [9.17, 15) is 29.4 Å². The van der Waals surface area contributed by atoms with Gasteiger partial charge in [-0.3, -0.25) is 14.4 Å². The van der Waals surface area contributed by atoms with E-state index in [-0.39, 0.29) is 31.0 Å². The largest absolute Gasteiger partial charge is 0.479 e. The van der Waals surface area contributed by atoms with E-state index in [1.807, 2.05) is 12.2 Å². The Labute approximate surface area is 196 Å². The quantitative estimate of drug-likeness (QED) is 0.461. The number of fused-ring (bicyclic) bond motifs is 2. The summed E-state index contributed by atoms with van der Waals surface area (Å²) in [6.07, 6.45) is 6.55. The number of nitrogens with zero attached hydrogens (tertiary/aromatic N) is 2. The fourth-order valence-electron chi connectivity index (χ4n) is 4.78. The molecule has 1 aromatic rings. The summed E-state index contributed by atoms with van der Waals surface area (Å²) in [5.74, 6) is -2.65. The van der Waals surface area contributed by atoms with Gasteiger partial charge in [0.25, 0.3) is 5.91 Å². The minimum atomic E-state index is -1.39. The van der Waals surface area contributed by atoms with Crippen molar-refractivity contribution in [2.75, 3.05) is 6.54 Å². The molecule has 11 heteroatoms. The van der Waals surface area contributed by atoms with Gasteiger partial charge < -0.3 is 30.3 Å². The van der Waals surface area contributed by atoms with Gasteiger partial charge in [-0.05, 0) is 32.6 Å². The van der Waals surface area contributed by atoms with Crippen molar-refractivity contribution in [1.82, 2.24) is 20.7 Å². The maximum absolute atomic E-state index is 13.5. The highest BCUT2D eigenvalue weighted by atomic mass is 16.5. The molecule has 0 radical (unpaired) electrons. The lowest BCUT2D eigenvalue weighted by atomic mass is 10.0. The fourth-order valence-corrected chi connectivity index (χ4v) is 4.78. The first-order chi connectivity index (χ1) is 16.2. The standard InChI is InChI=1S/C23H30N4O7/c1-13-9-17(26-34-13)19(29)24-16-8-6-4-2-3-5-7-14-11-23(14,22(32)33)25-20(30)18-10-15(28)12-27(18)21(16)31/h5,7,9,14-16,18,28H,2-4,6,8,10-12H2,1H3,(H,24,29)(H,25,30)(H,32,33)/t14-,15-,16+,18+,23-/m1/s1. The molecule has 0 aromatic carbocycles. The molecule has 2 aliphatic heterocycles. The van der Waals surface area contributed by atoms with Crippen LogP contribution in [-0.2, 0) is 14.4 Å². The monoisotopic (exact) mass is 474 g/mol. The van der Waals surface area contributed by atoms with E-state index in [2.05, 4.69) is 15.8 Å². The zero-order chi connectivity index (χ0) is 24.5. The van der Waals surface area contributed by atoms with Crippen molar-refractivity contribution in [3.63, 3.8) is 0 Å². The van der Waals surface area contributed by atoms with Crippen molar-refractivity contribution < 1.29 is 33.9 Å². The van der Waals surface area contributed by atoms with Crippen molar-refractivity contribution in [1.29, 1.82) is 0 Å². The fraction of sp³-hybridized carbons (Fsp3) is 0.609. The number of hydrogen-bond acceptors (Lipinski definition) is 7. The van der Waals surface area contributed by atoms with Crippen LogP contribution < -0.4 is 10.6 Å². The van der Waals surface area contributed by atoms with Crippen LogP contribution in [0.5, 0.6) is 0 Å². The van der Waals surface area contributed by atoms with Gasteiger partial charge in [-0.15, -0.1) is 0 Å². The maximum Gasteiger partial charge on any atom is 0.330 e. The smallest absolute Gasteiger partial charge is 0.330 e. The van der Waals surface area contributed by atoms with Crippen LogP contribution in [0.3, 0.4) is 0 Å². The second kappa shape index (κ2) is 9.57. The Morgan fingerprint density at radius 3 is 2.79 bits per heavy atom. The molecule has 4 N–H and O–H groups in total. The first-order valence-electron chi connectivity index (χ1n) is 11.7. The van der Waals surface area contributed by atoms with E-state index in [1.54, 1.807) is 6.92 Å². The number of aliphatic carboxylic acids is 1. The molecule has 3 amide bonds. The van der Waals surface area contributed by atoms with Gasteiger partial charge in [-0.2, -0.15) is 0 Å². The van der Waals surface area contributed by atoms with Gasteiger partial charge in [0, 0.05) is 24.9 Å². The Balaban J connectivity index is 1.57. The second-order valence-corrected chi connectivity index (χ2v) is 9.39. The number of carbonyl (C=O) groups is 4. The van der Waals surface area contributed by atoms with Crippen LogP contribution in [0, 0.1) is 12.8 Å². The molecule has 4 rings (SSSR count). The van der Waals surface area contributed by atoms with Crippen molar-refractivity contribution in [2.24, 2.45) is 5.92 Å². The zero-order valence-electron chi connectivity index (χ0n) is 19.0. The third-order valence-electron chi connectivity index (χ3n) is 6.80. The highest BCUT2D eigenvalue weighted by Gasteiger charge is 2.61. The highest BCUT2D eigenvalue weighted by molar-refractivity contribution is 5.98. The van der Waals surface area contributed by atoms with Crippen LogP contribution in [0.1, 0.15) is 61.2 Å². The molecular formula is C23H30N4O7. The molecule has 0 bridgehead atoms. The molecule has 184 valence electrons. The first-order valence-corrected chi connectivity index (χ1v) is 11.7. The lowest BCUT2D eigenvalue weighted by molar-refractivity contribution is -0.145. The summed E-state index contributed by atoms with van der Waals surface area (Å²) in [5, 5.41) is 29.0.